The van der Waals surface area contributed by atoms with Crippen molar-refractivity contribution in [2.45, 2.75) is 102 Å². The van der Waals surface area contributed by atoms with E-state index in [-0.39, 0.29) is 17.2 Å². The van der Waals surface area contributed by atoms with E-state index < -0.39 is 0 Å². The second-order valence-electron chi connectivity index (χ2n) is 8.37. The number of hydroxylamine groups is 2. The number of nitrogens with zero attached hydrogens (tertiary/aromatic N) is 1. The number of amides is 1. The number of ether oxygens (including phenoxy) is 2. The molecule has 2 heterocycles. The molecule has 0 aromatic carbocycles. The van der Waals surface area contributed by atoms with Gasteiger partial charge in [0.1, 0.15) is 0 Å². The van der Waals surface area contributed by atoms with Crippen LogP contribution in [0, 0.1) is 5.92 Å². The topological polar surface area (TPSA) is 48.0 Å². The molecule has 2 atom stereocenters. The first kappa shape index (κ1) is 20.1. The van der Waals surface area contributed by atoms with Gasteiger partial charge in [0.15, 0.2) is 5.79 Å². The van der Waals surface area contributed by atoms with E-state index in [9.17, 15) is 4.79 Å². The highest BCUT2D eigenvalue weighted by Crippen LogP contribution is 2.49. The SMILES string of the molecule is CCCCCCC1(CCC2CCCCC23CCC(=O)N3OC)OCCO1. The van der Waals surface area contributed by atoms with Crippen LogP contribution in [0.25, 0.3) is 0 Å². The molecule has 3 aliphatic rings. The van der Waals surface area contributed by atoms with E-state index in [2.05, 4.69) is 6.92 Å². The molecule has 5 nitrogen and oxygen atoms in total. The molecule has 3 fully saturated rings. The zero-order chi connectivity index (χ0) is 18.5. The van der Waals surface area contributed by atoms with Crippen molar-refractivity contribution < 1.29 is 19.1 Å². The van der Waals surface area contributed by atoms with Crippen molar-refractivity contribution >= 4 is 5.91 Å². The fourth-order valence-corrected chi connectivity index (χ4v) is 5.49. The first-order chi connectivity index (χ1) is 12.7. The van der Waals surface area contributed by atoms with Gasteiger partial charge in [0, 0.05) is 19.3 Å². The lowest BCUT2D eigenvalue weighted by atomic mass is 9.69. The number of unbranched alkanes of at least 4 members (excludes halogenated alkanes) is 3. The Morgan fingerprint density at radius 2 is 1.92 bits per heavy atom. The van der Waals surface area contributed by atoms with E-state index in [1.54, 1.807) is 12.2 Å². The maximum absolute atomic E-state index is 12.3. The lowest BCUT2D eigenvalue weighted by Crippen LogP contribution is -2.52. The molecule has 1 aliphatic carbocycles. The average Bonchev–Trinajstić information content (AvgIpc) is 3.24. The monoisotopic (exact) mass is 367 g/mol. The minimum absolute atomic E-state index is 0.0912. The molecule has 26 heavy (non-hydrogen) atoms. The van der Waals surface area contributed by atoms with Gasteiger partial charge in [-0.3, -0.25) is 9.63 Å². The Hall–Kier alpha value is -0.650. The van der Waals surface area contributed by atoms with Gasteiger partial charge in [0.05, 0.1) is 25.9 Å². The number of hydrogen-bond acceptors (Lipinski definition) is 4. The van der Waals surface area contributed by atoms with Crippen LogP contribution < -0.4 is 0 Å². The largest absolute Gasteiger partial charge is 0.348 e. The molecule has 0 bridgehead atoms. The minimum Gasteiger partial charge on any atom is -0.348 e. The van der Waals surface area contributed by atoms with Crippen LogP contribution >= 0.6 is 0 Å². The molecule has 2 saturated heterocycles. The summed E-state index contributed by atoms with van der Waals surface area (Å²) in [5, 5.41) is 1.72. The van der Waals surface area contributed by atoms with Crippen LogP contribution in [0.2, 0.25) is 0 Å². The summed E-state index contributed by atoms with van der Waals surface area (Å²) in [5.74, 6) is 0.261. The van der Waals surface area contributed by atoms with Gasteiger partial charge < -0.3 is 9.47 Å². The van der Waals surface area contributed by atoms with Gasteiger partial charge in [0.2, 0.25) is 5.91 Å². The highest BCUT2D eigenvalue weighted by molar-refractivity contribution is 5.78. The molecule has 2 aliphatic heterocycles. The summed E-state index contributed by atoms with van der Waals surface area (Å²) in [4.78, 5) is 17.9. The molecule has 0 aromatic heterocycles. The molecule has 0 N–H and O–H groups in total. The average molecular weight is 368 g/mol. The third-order valence-electron chi connectivity index (χ3n) is 6.86. The smallest absolute Gasteiger partial charge is 0.246 e. The second-order valence-corrected chi connectivity index (χ2v) is 8.37. The highest BCUT2D eigenvalue weighted by atomic mass is 16.7. The first-order valence-corrected chi connectivity index (χ1v) is 10.8. The van der Waals surface area contributed by atoms with Crippen molar-refractivity contribution in [2.24, 2.45) is 5.92 Å². The van der Waals surface area contributed by atoms with Gasteiger partial charge in [-0.05, 0) is 38.0 Å². The summed E-state index contributed by atoms with van der Waals surface area (Å²) >= 11 is 0. The Balaban J connectivity index is 1.63. The molecule has 1 amide bonds. The van der Waals surface area contributed by atoms with Crippen molar-refractivity contribution in [1.29, 1.82) is 0 Å². The molecule has 1 saturated carbocycles. The van der Waals surface area contributed by atoms with E-state index in [1.165, 1.54) is 44.9 Å². The predicted molar refractivity (Wildman–Crippen MR) is 100 cm³/mol. The normalized spacial score (nSPS) is 31.2. The number of hydrogen-bond donors (Lipinski definition) is 0. The van der Waals surface area contributed by atoms with E-state index in [1.807, 2.05) is 0 Å². The van der Waals surface area contributed by atoms with E-state index in [0.717, 1.165) is 32.1 Å². The molecule has 2 unspecified atom stereocenters. The third-order valence-corrected chi connectivity index (χ3v) is 6.86. The maximum atomic E-state index is 12.3. The molecule has 150 valence electrons. The van der Waals surface area contributed by atoms with Gasteiger partial charge >= 0.3 is 0 Å². The summed E-state index contributed by atoms with van der Waals surface area (Å²) < 4.78 is 12.2. The molecule has 3 rings (SSSR count). The highest BCUT2D eigenvalue weighted by Gasteiger charge is 2.52. The Morgan fingerprint density at radius 1 is 1.12 bits per heavy atom. The molecular formula is C21H37NO4. The Bertz CT molecular complexity index is 463. The van der Waals surface area contributed by atoms with Crippen LogP contribution in [0.1, 0.15) is 90.4 Å². The first-order valence-electron chi connectivity index (χ1n) is 10.8. The second kappa shape index (κ2) is 9.03. The van der Waals surface area contributed by atoms with E-state index in [4.69, 9.17) is 14.3 Å². The lowest BCUT2D eigenvalue weighted by Gasteiger charge is -2.46. The minimum atomic E-state index is -0.382. The van der Waals surface area contributed by atoms with E-state index in [0.29, 0.717) is 25.6 Å². The number of carbonyl (C=O) groups is 1. The maximum Gasteiger partial charge on any atom is 0.246 e. The standard InChI is InChI=1S/C21H37NO4/c1-3-4-5-7-13-21(25-16-17-26-21)15-10-18-9-6-8-12-20(18)14-11-19(23)22(20)24-2/h18H,3-17H2,1-2H3. The van der Waals surface area contributed by atoms with Crippen LogP contribution in [0.4, 0.5) is 0 Å². The van der Waals surface area contributed by atoms with Gasteiger partial charge in [-0.15, -0.1) is 0 Å². The van der Waals surface area contributed by atoms with Crippen LogP contribution in [0.3, 0.4) is 0 Å². The molecule has 5 heteroatoms. The van der Waals surface area contributed by atoms with Crippen LogP contribution in [-0.2, 0) is 19.1 Å². The predicted octanol–water partition coefficient (Wildman–Crippen LogP) is 4.59. The van der Waals surface area contributed by atoms with E-state index >= 15 is 0 Å². The van der Waals surface area contributed by atoms with Gasteiger partial charge in [-0.1, -0.05) is 39.0 Å². The Labute approximate surface area is 158 Å². The molecule has 0 aromatic rings. The molecule has 0 radical (unpaired) electrons. The van der Waals surface area contributed by atoms with Gasteiger partial charge in [0.25, 0.3) is 0 Å². The third kappa shape index (κ3) is 4.10. The fraction of sp³-hybridized carbons (Fsp3) is 0.952. The Kier molecular flexibility index (Phi) is 6.98. The summed E-state index contributed by atoms with van der Waals surface area (Å²) in [5.41, 5.74) is -0.0912. The van der Waals surface area contributed by atoms with Crippen molar-refractivity contribution in [3.8, 4) is 0 Å². The zero-order valence-electron chi connectivity index (χ0n) is 16.8. The summed E-state index contributed by atoms with van der Waals surface area (Å²) in [6.07, 6.45) is 14.2. The number of rotatable bonds is 9. The van der Waals surface area contributed by atoms with Crippen LogP contribution in [0.5, 0.6) is 0 Å². The lowest BCUT2D eigenvalue weighted by molar-refractivity contribution is -0.215. The van der Waals surface area contributed by atoms with Crippen LogP contribution in [-0.4, -0.2) is 42.6 Å². The zero-order valence-corrected chi connectivity index (χ0v) is 16.8. The quantitative estimate of drug-likeness (QED) is 0.559. The van der Waals surface area contributed by atoms with Gasteiger partial charge in [-0.25, -0.2) is 5.06 Å². The van der Waals surface area contributed by atoms with Gasteiger partial charge in [-0.2, -0.15) is 0 Å². The van der Waals surface area contributed by atoms with Crippen molar-refractivity contribution in [3.05, 3.63) is 0 Å². The fourth-order valence-electron chi connectivity index (χ4n) is 5.49. The Morgan fingerprint density at radius 3 is 2.65 bits per heavy atom. The van der Waals surface area contributed by atoms with Crippen molar-refractivity contribution in [1.82, 2.24) is 5.06 Å². The number of carbonyl (C=O) groups excluding carboxylic acids is 1. The van der Waals surface area contributed by atoms with Crippen molar-refractivity contribution in [3.63, 3.8) is 0 Å². The van der Waals surface area contributed by atoms with Crippen molar-refractivity contribution in [2.75, 3.05) is 20.3 Å². The van der Waals surface area contributed by atoms with Crippen LogP contribution in [0.15, 0.2) is 0 Å². The molecule has 1 spiro atoms. The summed E-state index contributed by atoms with van der Waals surface area (Å²) in [6.45, 7) is 3.67. The summed E-state index contributed by atoms with van der Waals surface area (Å²) in [7, 11) is 1.65. The summed E-state index contributed by atoms with van der Waals surface area (Å²) in [6, 6.07) is 0. The molecular weight excluding hydrogens is 330 g/mol.